The van der Waals surface area contributed by atoms with E-state index in [0.29, 0.717) is 30.3 Å². The van der Waals surface area contributed by atoms with Crippen LogP contribution in [0.1, 0.15) is 17.0 Å². The van der Waals surface area contributed by atoms with E-state index in [2.05, 4.69) is 34.6 Å². The summed E-state index contributed by atoms with van der Waals surface area (Å²) >= 11 is 0. The second-order valence-electron chi connectivity index (χ2n) is 6.93. The molecule has 0 unspecified atom stereocenters. The molecule has 0 amide bonds. The molecule has 4 rings (SSSR count). The van der Waals surface area contributed by atoms with Gasteiger partial charge in [0.1, 0.15) is 0 Å². The Bertz CT molecular complexity index is 1140. The van der Waals surface area contributed by atoms with Crippen molar-refractivity contribution in [1.29, 1.82) is 0 Å². The van der Waals surface area contributed by atoms with Gasteiger partial charge in [-0.1, -0.05) is 18.2 Å². The summed E-state index contributed by atoms with van der Waals surface area (Å²) in [7, 11) is 4.85. The summed E-state index contributed by atoms with van der Waals surface area (Å²) in [5.41, 5.74) is 5.29. The number of hydrogen-bond acceptors (Lipinski definition) is 5. The highest BCUT2D eigenvalue weighted by molar-refractivity contribution is 6.07. The van der Waals surface area contributed by atoms with E-state index in [4.69, 9.17) is 19.2 Å². The summed E-state index contributed by atoms with van der Waals surface area (Å²) in [5, 5.41) is 5.89. The zero-order valence-electron chi connectivity index (χ0n) is 17.1. The first-order valence-corrected chi connectivity index (χ1v) is 9.51. The number of aryl methyl sites for hydroxylation is 1. The van der Waals surface area contributed by atoms with Crippen LogP contribution in [-0.2, 0) is 13.1 Å². The van der Waals surface area contributed by atoms with Gasteiger partial charge < -0.3 is 24.5 Å². The largest absolute Gasteiger partial charge is 0.493 e. The number of aromatic amines is 1. The monoisotopic (exact) mass is 391 g/mol. The fourth-order valence-corrected chi connectivity index (χ4v) is 3.73. The van der Waals surface area contributed by atoms with Crippen LogP contribution in [0.25, 0.3) is 21.8 Å². The summed E-state index contributed by atoms with van der Waals surface area (Å²) in [5.74, 6) is 1.90. The third-order valence-corrected chi connectivity index (χ3v) is 5.09. The maximum Gasteiger partial charge on any atom is 0.203 e. The molecular formula is C23H25N3O3. The van der Waals surface area contributed by atoms with Crippen LogP contribution in [0.2, 0.25) is 0 Å². The van der Waals surface area contributed by atoms with E-state index in [1.165, 1.54) is 10.8 Å². The molecule has 6 heteroatoms. The van der Waals surface area contributed by atoms with E-state index >= 15 is 0 Å². The maximum absolute atomic E-state index is 5.43. The van der Waals surface area contributed by atoms with Gasteiger partial charge in [-0.05, 0) is 36.8 Å². The van der Waals surface area contributed by atoms with E-state index in [-0.39, 0.29) is 0 Å². The van der Waals surface area contributed by atoms with Gasteiger partial charge >= 0.3 is 0 Å². The van der Waals surface area contributed by atoms with E-state index in [9.17, 15) is 0 Å². The van der Waals surface area contributed by atoms with Crippen LogP contribution in [0.15, 0.2) is 42.5 Å². The molecule has 0 aliphatic heterocycles. The van der Waals surface area contributed by atoms with Crippen molar-refractivity contribution < 1.29 is 14.2 Å². The maximum atomic E-state index is 5.43. The number of nitrogens with one attached hydrogen (secondary N) is 2. The number of benzene rings is 2. The van der Waals surface area contributed by atoms with Crippen molar-refractivity contribution in [1.82, 2.24) is 15.3 Å². The number of fused-ring (bicyclic) bond motifs is 3. The Morgan fingerprint density at radius 3 is 2.31 bits per heavy atom. The number of H-pyrrole nitrogens is 1. The highest BCUT2D eigenvalue weighted by Gasteiger charge is 2.13. The topological polar surface area (TPSA) is 68.4 Å². The quantitative estimate of drug-likeness (QED) is 0.490. The average Bonchev–Trinajstić information content (AvgIpc) is 3.12. The fraction of sp³-hybridized carbons (Fsp3) is 0.261. The number of nitrogens with zero attached hydrogens (tertiary/aromatic N) is 1. The van der Waals surface area contributed by atoms with Gasteiger partial charge in [0.15, 0.2) is 11.5 Å². The van der Waals surface area contributed by atoms with Gasteiger partial charge in [-0.2, -0.15) is 0 Å². The van der Waals surface area contributed by atoms with Crippen LogP contribution in [0, 0.1) is 6.92 Å². The number of hydrogen-bond donors (Lipinski definition) is 2. The fourth-order valence-electron chi connectivity index (χ4n) is 3.73. The molecule has 0 aliphatic rings. The first kappa shape index (κ1) is 19.1. The van der Waals surface area contributed by atoms with Crippen molar-refractivity contribution in [2.24, 2.45) is 0 Å². The standard InChI is InChI=1S/C23H25N3O3/c1-14-22-18(17-7-5-6-8-19(17)26-22)11-16(25-14)13-24-12-15-9-20(27-2)23(29-4)21(10-15)28-3/h5-11,24,26H,12-13H2,1-4H3. The Balaban J connectivity index is 1.55. The predicted octanol–water partition coefficient (Wildman–Crippen LogP) is 4.34. The molecule has 2 aromatic carbocycles. The molecule has 2 heterocycles. The molecule has 2 aromatic heterocycles. The Morgan fingerprint density at radius 1 is 0.897 bits per heavy atom. The molecule has 0 atom stereocenters. The van der Waals surface area contributed by atoms with Gasteiger partial charge in [-0.15, -0.1) is 0 Å². The first-order valence-electron chi connectivity index (χ1n) is 9.51. The van der Waals surface area contributed by atoms with Crippen molar-refractivity contribution in [3.8, 4) is 17.2 Å². The first-order chi connectivity index (χ1) is 14.1. The van der Waals surface area contributed by atoms with E-state index in [1.54, 1.807) is 21.3 Å². The molecule has 0 bridgehead atoms. The Labute approximate surface area is 169 Å². The summed E-state index contributed by atoms with van der Waals surface area (Å²) in [6.45, 7) is 3.36. The average molecular weight is 391 g/mol. The van der Waals surface area contributed by atoms with Crippen LogP contribution in [0.5, 0.6) is 17.2 Å². The van der Waals surface area contributed by atoms with Gasteiger partial charge in [0.05, 0.1) is 38.2 Å². The van der Waals surface area contributed by atoms with Crippen LogP contribution < -0.4 is 19.5 Å². The number of para-hydroxylation sites is 1. The number of pyridine rings is 1. The highest BCUT2D eigenvalue weighted by atomic mass is 16.5. The number of ether oxygens (including phenoxy) is 3. The highest BCUT2D eigenvalue weighted by Crippen LogP contribution is 2.38. The van der Waals surface area contributed by atoms with Crippen LogP contribution >= 0.6 is 0 Å². The lowest BCUT2D eigenvalue weighted by Gasteiger charge is -2.14. The zero-order valence-corrected chi connectivity index (χ0v) is 17.1. The second kappa shape index (κ2) is 8.01. The molecule has 150 valence electrons. The number of rotatable bonds is 7. The predicted molar refractivity (Wildman–Crippen MR) is 115 cm³/mol. The molecule has 0 saturated carbocycles. The van der Waals surface area contributed by atoms with Gasteiger partial charge in [0.2, 0.25) is 5.75 Å². The normalized spacial score (nSPS) is 11.2. The lowest BCUT2D eigenvalue weighted by Crippen LogP contribution is -2.14. The molecule has 0 aliphatic carbocycles. The minimum Gasteiger partial charge on any atom is -0.493 e. The van der Waals surface area contributed by atoms with Crippen LogP contribution in [-0.4, -0.2) is 31.3 Å². The summed E-state index contributed by atoms with van der Waals surface area (Å²) in [4.78, 5) is 8.23. The van der Waals surface area contributed by atoms with Gasteiger partial charge in [-0.3, -0.25) is 4.98 Å². The van der Waals surface area contributed by atoms with Gasteiger partial charge in [-0.25, -0.2) is 0 Å². The molecular weight excluding hydrogens is 366 g/mol. The SMILES string of the molecule is COc1cc(CNCc2cc3c([nH]c4ccccc43)c(C)n2)cc(OC)c1OC. The van der Waals surface area contributed by atoms with Crippen molar-refractivity contribution in [2.45, 2.75) is 20.0 Å². The summed E-state index contributed by atoms with van der Waals surface area (Å²) in [6.07, 6.45) is 0. The summed E-state index contributed by atoms with van der Waals surface area (Å²) < 4.78 is 16.2. The molecule has 29 heavy (non-hydrogen) atoms. The molecule has 0 saturated heterocycles. The van der Waals surface area contributed by atoms with E-state index in [1.807, 2.05) is 25.1 Å². The van der Waals surface area contributed by atoms with Crippen molar-refractivity contribution in [3.05, 3.63) is 59.4 Å². The Kier molecular flexibility index (Phi) is 5.27. The van der Waals surface area contributed by atoms with Crippen molar-refractivity contribution in [2.75, 3.05) is 21.3 Å². The van der Waals surface area contributed by atoms with Crippen molar-refractivity contribution in [3.63, 3.8) is 0 Å². The number of methoxy groups -OCH3 is 3. The van der Waals surface area contributed by atoms with E-state index < -0.39 is 0 Å². The van der Waals surface area contributed by atoms with Crippen molar-refractivity contribution >= 4 is 21.8 Å². The lowest BCUT2D eigenvalue weighted by molar-refractivity contribution is 0.323. The third-order valence-electron chi connectivity index (χ3n) is 5.09. The number of aromatic nitrogens is 2. The molecule has 0 fully saturated rings. The minimum absolute atomic E-state index is 0.598. The van der Waals surface area contributed by atoms with Gasteiger partial charge in [0.25, 0.3) is 0 Å². The Morgan fingerprint density at radius 2 is 1.62 bits per heavy atom. The van der Waals surface area contributed by atoms with Gasteiger partial charge in [0, 0.05) is 29.4 Å². The van der Waals surface area contributed by atoms with Crippen LogP contribution in [0.3, 0.4) is 0 Å². The molecule has 6 nitrogen and oxygen atoms in total. The summed E-state index contributed by atoms with van der Waals surface area (Å²) in [6, 6.07) is 14.4. The minimum atomic E-state index is 0.598. The lowest BCUT2D eigenvalue weighted by atomic mass is 10.1. The zero-order chi connectivity index (χ0) is 20.4. The molecule has 0 spiro atoms. The molecule has 4 aromatic rings. The smallest absolute Gasteiger partial charge is 0.203 e. The molecule has 2 N–H and O–H groups in total. The Hall–Kier alpha value is -3.25. The van der Waals surface area contributed by atoms with E-state index in [0.717, 1.165) is 28.0 Å². The third kappa shape index (κ3) is 3.59. The molecule has 0 radical (unpaired) electrons. The van der Waals surface area contributed by atoms with Crippen LogP contribution in [0.4, 0.5) is 0 Å². The second-order valence-corrected chi connectivity index (χ2v) is 6.93.